The molecule has 0 atom stereocenters. The minimum absolute atomic E-state index is 0.0642. The first-order chi connectivity index (χ1) is 11.6. The summed E-state index contributed by atoms with van der Waals surface area (Å²) >= 11 is 0. The summed E-state index contributed by atoms with van der Waals surface area (Å²) < 4.78 is 11.4. The predicted molar refractivity (Wildman–Crippen MR) is 95.9 cm³/mol. The molecule has 0 fully saturated rings. The van der Waals surface area contributed by atoms with Crippen molar-refractivity contribution in [2.75, 3.05) is 26.8 Å². The average Bonchev–Trinajstić information content (AvgIpc) is 2.57. The van der Waals surface area contributed by atoms with Gasteiger partial charge in [-0.2, -0.15) is 0 Å². The summed E-state index contributed by atoms with van der Waals surface area (Å²) in [5.41, 5.74) is 1.73. The van der Waals surface area contributed by atoms with Crippen molar-refractivity contribution >= 4 is 5.78 Å². The maximum absolute atomic E-state index is 11.6. The Hall–Kier alpha value is -2.33. The first-order valence-electron chi connectivity index (χ1n) is 8.23. The van der Waals surface area contributed by atoms with Crippen LogP contribution in [0.1, 0.15) is 29.8 Å². The number of hydrogen-bond acceptors (Lipinski definition) is 4. The zero-order chi connectivity index (χ0) is 17.4. The highest BCUT2D eigenvalue weighted by molar-refractivity contribution is 5.94. The van der Waals surface area contributed by atoms with Crippen LogP contribution in [0.5, 0.6) is 11.5 Å². The quantitative estimate of drug-likeness (QED) is 0.657. The van der Waals surface area contributed by atoms with Crippen LogP contribution in [0, 0.1) is 0 Å². The summed E-state index contributed by atoms with van der Waals surface area (Å²) in [6.07, 6.45) is 0. The Morgan fingerprint density at radius 1 is 1.08 bits per heavy atom. The molecule has 0 heterocycles. The molecule has 2 aromatic rings. The number of carbonyl (C=O) groups excluding carboxylic acids is 1. The highest BCUT2D eigenvalue weighted by Crippen LogP contribution is 2.22. The monoisotopic (exact) mass is 327 g/mol. The summed E-state index contributed by atoms with van der Waals surface area (Å²) in [6, 6.07) is 15.4. The van der Waals surface area contributed by atoms with E-state index in [1.807, 2.05) is 62.5 Å². The zero-order valence-electron chi connectivity index (χ0n) is 14.6. The number of para-hydroxylation sites is 1. The number of ether oxygens (including phenoxy) is 2. The number of benzene rings is 2. The number of carbonyl (C=O) groups is 1. The number of rotatable bonds is 9. The molecule has 24 heavy (non-hydrogen) atoms. The topological polar surface area (TPSA) is 38.8 Å². The Morgan fingerprint density at radius 2 is 1.83 bits per heavy atom. The number of nitrogens with zero attached hydrogens (tertiary/aromatic N) is 1. The Balaban J connectivity index is 1.95. The van der Waals surface area contributed by atoms with Gasteiger partial charge in [-0.25, -0.2) is 0 Å². The van der Waals surface area contributed by atoms with Gasteiger partial charge in [0.15, 0.2) is 5.78 Å². The zero-order valence-corrected chi connectivity index (χ0v) is 14.6. The van der Waals surface area contributed by atoms with Crippen molar-refractivity contribution in [1.29, 1.82) is 0 Å². The van der Waals surface area contributed by atoms with Gasteiger partial charge in [-0.05, 0) is 51.2 Å². The van der Waals surface area contributed by atoms with Gasteiger partial charge >= 0.3 is 0 Å². The molecular weight excluding hydrogens is 302 g/mol. The van der Waals surface area contributed by atoms with E-state index in [9.17, 15) is 4.79 Å². The Morgan fingerprint density at radius 3 is 2.50 bits per heavy atom. The summed E-state index contributed by atoms with van der Waals surface area (Å²) in [6.45, 7) is 6.24. The second kappa shape index (κ2) is 9.08. The maximum atomic E-state index is 11.6. The van der Waals surface area contributed by atoms with Crippen LogP contribution in [0.3, 0.4) is 0 Å². The molecule has 0 unspecified atom stereocenters. The summed E-state index contributed by atoms with van der Waals surface area (Å²) in [4.78, 5) is 13.8. The van der Waals surface area contributed by atoms with E-state index >= 15 is 0 Å². The molecule has 4 heteroatoms. The van der Waals surface area contributed by atoms with E-state index in [2.05, 4.69) is 4.90 Å². The maximum Gasteiger partial charge on any atom is 0.159 e. The SMILES string of the molecule is CCOc1ccc(C(C)=O)cc1CN(C)CCOc1ccccc1. The van der Waals surface area contributed by atoms with Crippen molar-refractivity contribution in [1.82, 2.24) is 4.90 Å². The molecule has 0 radical (unpaired) electrons. The molecule has 0 aliphatic rings. The fraction of sp³-hybridized carbons (Fsp3) is 0.350. The highest BCUT2D eigenvalue weighted by atomic mass is 16.5. The minimum Gasteiger partial charge on any atom is -0.494 e. The Kier molecular flexibility index (Phi) is 6.82. The van der Waals surface area contributed by atoms with E-state index in [4.69, 9.17) is 9.47 Å². The lowest BCUT2D eigenvalue weighted by atomic mass is 10.1. The Bertz CT molecular complexity index is 655. The van der Waals surface area contributed by atoms with E-state index in [1.54, 1.807) is 6.92 Å². The van der Waals surface area contributed by atoms with Gasteiger partial charge in [0.25, 0.3) is 0 Å². The van der Waals surface area contributed by atoms with Crippen molar-refractivity contribution < 1.29 is 14.3 Å². The standard InChI is InChI=1S/C20H25NO3/c1-4-23-20-11-10-17(16(2)22)14-18(20)15-21(3)12-13-24-19-8-6-5-7-9-19/h5-11,14H,4,12-13,15H2,1-3H3. The second-order valence-corrected chi connectivity index (χ2v) is 5.71. The van der Waals surface area contributed by atoms with Crippen LogP contribution in [0.25, 0.3) is 0 Å². The fourth-order valence-electron chi connectivity index (χ4n) is 2.42. The van der Waals surface area contributed by atoms with Crippen LogP contribution < -0.4 is 9.47 Å². The largest absolute Gasteiger partial charge is 0.494 e. The number of Topliss-reactive ketones (excluding diaryl/α,β-unsaturated/α-hetero) is 1. The van der Waals surface area contributed by atoms with Gasteiger partial charge in [-0.1, -0.05) is 18.2 Å². The third-order valence-corrected chi connectivity index (χ3v) is 3.69. The van der Waals surface area contributed by atoms with Crippen LogP contribution in [-0.2, 0) is 6.54 Å². The molecule has 0 N–H and O–H groups in total. The molecule has 0 amide bonds. The van der Waals surface area contributed by atoms with Crippen LogP contribution >= 0.6 is 0 Å². The molecule has 128 valence electrons. The van der Waals surface area contributed by atoms with E-state index < -0.39 is 0 Å². The van der Waals surface area contributed by atoms with E-state index in [1.165, 1.54) is 0 Å². The van der Waals surface area contributed by atoms with Crippen LogP contribution in [0.2, 0.25) is 0 Å². The highest BCUT2D eigenvalue weighted by Gasteiger charge is 2.10. The van der Waals surface area contributed by atoms with Crippen LogP contribution in [0.15, 0.2) is 48.5 Å². The van der Waals surface area contributed by atoms with Crippen molar-refractivity contribution in [3.8, 4) is 11.5 Å². The molecule has 0 spiro atoms. The normalized spacial score (nSPS) is 10.7. The molecule has 2 aromatic carbocycles. The van der Waals surface area contributed by atoms with E-state index in [0.717, 1.165) is 23.6 Å². The van der Waals surface area contributed by atoms with E-state index in [-0.39, 0.29) is 5.78 Å². The molecule has 4 nitrogen and oxygen atoms in total. The van der Waals surface area contributed by atoms with Gasteiger partial charge in [-0.3, -0.25) is 9.69 Å². The van der Waals surface area contributed by atoms with Crippen LogP contribution in [-0.4, -0.2) is 37.5 Å². The number of likely N-dealkylation sites (N-methyl/N-ethyl adjacent to an activating group) is 1. The van der Waals surface area contributed by atoms with Gasteiger partial charge < -0.3 is 9.47 Å². The molecule has 0 saturated carbocycles. The summed E-state index contributed by atoms with van der Waals surface area (Å²) in [5, 5.41) is 0. The average molecular weight is 327 g/mol. The summed E-state index contributed by atoms with van der Waals surface area (Å²) in [7, 11) is 2.03. The third kappa shape index (κ3) is 5.39. The molecule has 0 saturated heterocycles. The second-order valence-electron chi connectivity index (χ2n) is 5.71. The van der Waals surface area contributed by atoms with Crippen molar-refractivity contribution in [2.24, 2.45) is 0 Å². The van der Waals surface area contributed by atoms with Gasteiger partial charge in [0.1, 0.15) is 18.1 Å². The smallest absolute Gasteiger partial charge is 0.159 e. The molecule has 2 rings (SSSR count). The molecule has 0 aliphatic carbocycles. The lowest BCUT2D eigenvalue weighted by Crippen LogP contribution is -2.24. The number of ketones is 1. The lowest BCUT2D eigenvalue weighted by Gasteiger charge is -2.19. The third-order valence-electron chi connectivity index (χ3n) is 3.69. The van der Waals surface area contributed by atoms with Gasteiger partial charge in [0, 0.05) is 24.2 Å². The first kappa shape index (κ1) is 18.0. The van der Waals surface area contributed by atoms with Gasteiger partial charge in [0.2, 0.25) is 0 Å². The lowest BCUT2D eigenvalue weighted by molar-refractivity contribution is 0.101. The number of hydrogen-bond donors (Lipinski definition) is 0. The van der Waals surface area contributed by atoms with Crippen molar-refractivity contribution in [3.63, 3.8) is 0 Å². The first-order valence-corrected chi connectivity index (χ1v) is 8.23. The Labute approximate surface area is 144 Å². The van der Waals surface area contributed by atoms with Gasteiger partial charge in [0.05, 0.1) is 6.61 Å². The molecule has 0 aromatic heterocycles. The predicted octanol–water partition coefficient (Wildman–Crippen LogP) is 3.80. The molecule has 0 aliphatic heterocycles. The molecular formula is C20H25NO3. The van der Waals surface area contributed by atoms with E-state index in [0.29, 0.717) is 25.3 Å². The minimum atomic E-state index is 0.0642. The summed E-state index contributed by atoms with van der Waals surface area (Å²) in [5.74, 6) is 1.77. The fourth-order valence-corrected chi connectivity index (χ4v) is 2.42. The van der Waals surface area contributed by atoms with Crippen molar-refractivity contribution in [2.45, 2.75) is 20.4 Å². The van der Waals surface area contributed by atoms with Crippen LogP contribution in [0.4, 0.5) is 0 Å². The van der Waals surface area contributed by atoms with Crippen molar-refractivity contribution in [3.05, 3.63) is 59.7 Å². The van der Waals surface area contributed by atoms with Gasteiger partial charge in [-0.15, -0.1) is 0 Å². The molecule has 0 bridgehead atoms.